The number of rotatable bonds is 6. The molecule has 1 saturated carbocycles. The van der Waals surface area contributed by atoms with E-state index < -0.39 is 0 Å². The number of carbonyl (C=O) groups is 1. The van der Waals surface area contributed by atoms with Crippen molar-refractivity contribution in [2.24, 2.45) is 5.92 Å². The Kier molecular flexibility index (Phi) is 4.98. The molecule has 1 heterocycles. The highest BCUT2D eigenvalue weighted by atomic mass is 35.5. The van der Waals surface area contributed by atoms with Crippen molar-refractivity contribution in [3.63, 3.8) is 0 Å². The van der Waals surface area contributed by atoms with Crippen molar-refractivity contribution < 1.29 is 4.79 Å². The summed E-state index contributed by atoms with van der Waals surface area (Å²) < 4.78 is 0. The zero-order chi connectivity index (χ0) is 18.0. The number of fused-ring (bicyclic) bond motifs is 1. The molecule has 5 heteroatoms. The SMILES string of the molecule is O=C(CN[C@]12CC[C@H]1CNC2)NC(c1ccccc1)c1cccc(Cl)c1. The standard InChI is InChI=1S/C21H24ClN3O/c22-18-8-4-7-16(11-18)20(15-5-2-1-3-6-15)25-19(26)13-24-21-10-9-17(21)12-23-14-21/h1-8,11,17,20,23-24H,9-10,12-14H2,(H,25,26)/t17-,20?,21-/m0/s1. The number of benzene rings is 2. The maximum Gasteiger partial charge on any atom is 0.234 e. The molecule has 1 aliphatic heterocycles. The van der Waals surface area contributed by atoms with E-state index in [1.165, 1.54) is 6.42 Å². The van der Waals surface area contributed by atoms with Gasteiger partial charge in [0.2, 0.25) is 5.91 Å². The van der Waals surface area contributed by atoms with Crippen LogP contribution in [0.25, 0.3) is 0 Å². The zero-order valence-corrected chi connectivity index (χ0v) is 15.4. The van der Waals surface area contributed by atoms with E-state index in [2.05, 4.69) is 16.0 Å². The van der Waals surface area contributed by atoms with Crippen LogP contribution in [0.5, 0.6) is 0 Å². The van der Waals surface area contributed by atoms with Gasteiger partial charge in [-0.1, -0.05) is 54.1 Å². The van der Waals surface area contributed by atoms with Crippen LogP contribution in [-0.4, -0.2) is 31.1 Å². The molecule has 136 valence electrons. The van der Waals surface area contributed by atoms with Crippen LogP contribution in [0, 0.1) is 5.92 Å². The Morgan fingerprint density at radius 1 is 1.19 bits per heavy atom. The van der Waals surface area contributed by atoms with Gasteiger partial charge in [0.25, 0.3) is 0 Å². The summed E-state index contributed by atoms with van der Waals surface area (Å²) in [6.45, 7) is 2.35. The molecule has 1 aliphatic carbocycles. The molecule has 0 spiro atoms. The number of nitrogens with one attached hydrogen (secondary N) is 3. The third-order valence-electron chi connectivity index (χ3n) is 5.77. The van der Waals surface area contributed by atoms with Crippen molar-refractivity contribution in [2.75, 3.05) is 19.6 Å². The molecular weight excluding hydrogens is 346 g/mol. The Morgan fingerprint density at radius 3 is 2.69 bits per heavy atom. The number of hydrogen-bond donors (Lipinski definition) is 3. The minimum atomic E-state index is -0.208. The van der Waals surface area contributed by atoms with Gasteiger partial charge in [-0.15, -0.1) is 0 Å². The minimum absolute atomic E-state index is 0.00533. The fraction of sp³-hybridized carbons (Fsp3) is 0.381. The summed E-state index contributed by atoms with van der Waals surface area (Å²) in [7, 11) is 0. The summed E-state index contributed by atoms with van der Waals surface area (Å²) in [6.07, 6.45) is 2.39. The lowest BCUT2D eigenvalue weighted by molar-refractivity contribution is -0.121. The number of halogens is 1. The van der Waals surface area contributed by atoms with E-state index in [9.17, 15) is 4.79 Å². The second kappa shape index (κ2) is 7.39. The molecule has 3 N–H and O–H groups in total. The Balaban J connectivity index is 1.47. The highest BCUT2D eigenvalue weighted by Crippen LogP contribution is 2.40. The molecule has 0 bridgehead atoms. The van der Waals surface area contributed by atoms with Crippen LogP contribution in [0.3, 0.4) is 0 Å². The molecule has 2 aromatic rings. The maximum atomic E-state index is 12.7. The summed E-state index contributed by atoms with van der Waals surface area (Å²) >= 11 is 6.17. The zero-order valence-electron chi connectivity index (χ0n) is 14.7. The molecule has 2 aromatic carbocycles. The van der Waals surface area contributed by atoms with Gasteiger partial charge >= 0.3 is 0 Å². The quantitative estimate of drug-likeness (QED) is 0.734. The van der Waals surface area contributed by atoms with Crippen LogP contribution >= 0.6 is 11.6 Å². The Labute approximate surface area is 159 Å². The lowest BCUT2D eigenvalue weighted by Crippen LogP contribution is -2.60. The third kappa shape index (κ3) is 3.50. The van der Waals surface area contributed by atoms with Gasteiger partial charge in [0.15, 0.2) is 0 Å². The Bertz CT molecular complexity index is 782. The first kappa shape index (κ1) is 17.5. The average Bonchev–Trinajstić information content (AvgIpc) is 2.93. The van der Waals surface area contributed by atoms with Gasteiger partial charge in [-0.05, 0) is 48.6 Å². The van der Waals surface area contributed by atoms with Crippen molar-refractivity contribution >= 4 is 17.5 Å². The largest absolute Gasteiger partial charge is 0.344 e. The van der Waals surface area contributed by atoms with Crippen LogP contribution in [-0.2, 0) is 4.79 Å². The van der Waals surface area contributed by atoms with E-state index in [0.29, 0.717) is 17.5 Å². The smallest absolute Gasteiger partial charge is 0.234 e. The van der Waals surface area contributed by atoms with E-state index in [4.69, 9.17) is 11.6 Å². The number of carbonyl (C=O) groups excluding carboxylic acids is 1. The van der Waals surface area contributed by atoms with Gasteiger partial charge in [0.05, 0.1) is 12.6 Å². The second-order valence-electron chi connectivity index (χ2n) is 7.34. The van der Waals surface area contributed by atoms with Gasteiger partial charge in [0, 0.05) is 17.1 Å². The van der Waals surface area contributed by atoms with Crippen molar-refractivity contribution in [1.29, 1.82) is 0 Å². The van der Waals surface area contributed by atoms with Gasteiger partial charge in [-0.2, -0.15) is 0 Å². The van der Waals surface area contributed by atoms with Crippen LogP contribution in [0.1, 0.15) is 30.0 Å². The summed E-state index contributed by atoms with van der Waals surface area (Å²) in [4.78, 5) is 12.7. The van der Waals surface area contributed by atoms with Gasteiger partial charge in [-0.3, -0.25) is 4.79 Å². The van der Waals surface area contributed by atoms with Crippen molar-refractivity contribution in [3.05, 3.63) is 70.7 Å². The second-order valence-corrected chi connectivity index (χ2v) is 7.78. The average molecular weight is 370 g/mol. The summed E-state index contributed by atoms with van der Waals surface area (Å²) in [6, 6.07) is 17.5. The van der Waals surface area contributed by atoms with E-state index >= 15 is 0 Å². The van der Waals surface area contributed by atoms with Crippen LogP contribution in [0.15, 0.2) is 54.6 Å². The van der Waals surface area contributed by atoms with Gasteiger partial charge in [-0.25, -0.2) is 0 Å². The first-order valence-electron chi connectivity index (χ1n) is 9.22. The Hall–Kier alpha value is -1.88. The highest BCUT2D eigenvalue weighted by molar-refractivity contribution is 6.30. The Morgan fingerprint density at radius 2 is 2.00 bits per heavy atom. The van der Waals surface area contributed by atoms with Crippen LogP contribution < -0.4 is 16.0 Å². The van der Waals surface area contributed by atoms with E-state index in [0.717, 1.165) is 30.6 Å². The lowest BCUT2D eigenvalue weighted by atomic mass is 9.69. The molecule has 2 fully saturated rings. The number of amides is 1. The van der Waals surface area contributed by atoms with Gasteiger partial charge < -0.3 is 16.0 Å². The van der Waals surface area contributed by atoms with Crippen LogP contribution in [0.4, 0.5) is 0 Å². The molecule has 1 saturated heterocycles. The van der Waals surface area contributed by atoms with Crippen molar-refractivity contribution in [1.82, 2.24) is 16.0 Å². The first-order valence-corrected chi connectivity index (χ1v) is 9.60. The fourth-order valence-corrected chi connectivity index (χ4v) is 4.35. The first-order chi connectivity index (χ1) is 12.7. The van der Waals surface area contributed by atoms with E-state index in [1.54, 1.807) is 0 Å². The van der Waals surface area contributed by atoms with Crippen molar-refractivity contribution in [3.8, 4) is 0 Å². The molecule has 2 aliphatic rings. The summed E-state index contributed by atoms with van der Waals surface area (Å²) in [5.41, 5.74) is 2.15. The maximum absolute atomic E-state index is 12.7. The molecule has 0 radical (unpaired) electrons. The lowest BCUT2D eigenvalue weighted by Gasteiger charge is -2.45. The van der Waals surface area contributed by atoms with Crippen LogP contribution in [0.2, 0.25) is 5.02 Å². The topological polar surface area (TPSA) is 53.2 Å². The molecule has 0 aromatic heterocycles. The van der Waals surface area contributed by atoms with Crippen molar-refractivity contribution in [2.45, 2.75) is 24.4 Å². The predicted molar refractivity (Wildman–Crippen MR) is 104 cm³/mol. The molecule has 1 amide bonds. The monoisotopic (exact) mass is 369 g/mol. The normalized spacial score (nSPS) is 25.2. The molecule has 26 heavy (non-hydrogen) atoms. The fourth-order valence-electron chi connectivity index (χ4n) is 4.15. The predicted octanol–water partition coefficient (Wildman–Crippen LogP) is 2.89. The summed E-state index contributed by atoms with van der Waals surface area (Å²) in [5, 5.41) is 10.8. The summed E-state index contributed by atoms with van der Waals surface area (Å²) in [5.74, 6) is 0.666. The molecule has 4 rings (SSSR count). The molecule has 3 atom stereocenters. The molecule has 1 unspecified atom stereocenters. The molecule has 4 nitrogen and oxygen atoms in total. The van der Waals surface area contributed by atoms with E-state index in [-0.39, 0.29) is 17.5 Å². The van der Waals surface area contributed by atoms with Gasteiger partial charge in [0.1, 0.15) is 0 Å². The number of hydrogen-bond acceptors (Lipinski definition) is 3. The highest BCUT2D eigenvalue weighted by Gasteiger charge is 2.49. The molecular formula is C21H24ClN3O. The van der Waals surface area contributed by atoms with E-state index in [1.807, 2.05) is 54.6 Å². The third-order valence-corrected chi connectivity index (χ3v) is 6.01. The minimum Gasteiger partial charge on any atom is -0.344 e.